The van der Waals surface area contributed by atoms with Crippen molar-refractivity contribution in [3.05, 3.63) is 20.8 Å². The number of ketones is 1. The molecule has 72 valence electrons. The molecule has 1 aromatic heterocycles. The minimum atomic E-state index is -0.305. The van der Waals surface area contributed by atoms with Crippen molar-refractivity contribution in [1.29, 1.82) is 0 Å². The Kier molecular flexibility index (Phi) is 4.09. The van der Waals surface area contributed by atoms with Gasteiger partial charge in [-0.3, -0.25) is 4.79 Å². The van der Waals surface area contributed by atoms with Crippen molar-refractivity contribution in [1.82, 2.24) is 0 Å². The van der Waals surface area contributed by atoms with Crippen molar-refractivity contribution in [2.45, 2.75) is 19.4 Å². The summed E-state index contributed by atoms with van der Waals surface area (Å²) in [5.74, 6) is 0.122. The molecule has 1 unspecified atom stereocenters. The number of thiophene rings is 1. The predicted molar refractivity (Wildman–Crippen MR) is 57.2 cm³/mol. The predicted octanol–water partition coefficient (Wildman–Crippen LogP) is 2.66. The largest absolute Gasteiger partial charge is 0.374 e. The fourth-order valence-corrected chi connectivity index (χ4v) is 2.39. The maximum atomic E-state index is 11.4. The van der Waals surface area contributed by atoms with Gasteiger partial charge in [0, 0.05) is 18.4 Å². The quantitative estimate of drug-likeness (QED) is 0.834. The van der Waals surface area contributed by atoms with Gasteiger partial charge in [-0.15, -0.1) is 11.3 Å². The summed E-state index contributed by atoms with van der Waals surface area (Å²) in [7, 11) is 1.55. The molecule has 0 amide bonds. The van der Waals surface area contributed by atoms with Crippen LogP contribution < -0.4 is 0 Å². The summed E-state index contributed by atoms with van der Waals surface area (Å²) in [5, 5.41) is 0. The molecule has 0 spiro atoms. The Balaban J connectivity index is 2.54. The Morgan fingerprint density at radius 3 is 2.85 bits per heavy atom. The van der Waals surface area contributed by atoms with E-state index in [-0.39, 0.29) is 11.9 Å². The molecule has 1 heterocycles. The maximum Gasteiger partial charge on any atom is 0.166 e. The van der Waals surface area contributed by atoms with Crippen molar-refractivity contribution in [2.24, 2.45) is 0 Å². The summed E-state index contributed by atoms with van der Waals surface area (Å²) in [4.78, 5) is 12.5. The van der Waals surface area contributed by atoms with E-state index in [1.54, 1.807) is 25.4 Å². The second-order valence-electron chi connectivity index (χ2n) is 2.73. The molecule has 0 aliphatic heterocycles. The number of hydrogen-bond donors (Lipinski definition) is 0. The van der Waals surface area contributed by atoms with Gasteiger partial charge in [0.15, 0.2) is 5.78 Å². The first-order valence-electron chi connectivity index (χ1n) is 3.93. The third kappa shape index (κ3) is 3.21. The lowest BCUT2D eigenvalue weighted by molar-refractivity contribution is -0.127. The highest BCUT2D eigenvalue weighted by molar-refractivity contribution is 9.11. The Hall–Kier alpha value is -0.190. The van der Waals surface area contributed by atoms with Crippen LogP contribution in [0.15, 0.2) is 15.9 Å². The van der Waals surface area contributed by atoms with Gasteiger partial charge in [-0.05, 0) is 35.0 Å². The van der Waals surface area contributed by atoms with E-state index in [4.69, 9.17) is 4.74 Å². The summed E-state index contributed by atoms with van der Waals surface area (Å²) >= 11 is 4.94. The normalized spacial score (nSPS) is 12.8. The van der Waals surface area contributed by atoms with Gasteiger partial charge in [0.2, 0.25) is 0 Å². The Labute approximate surface area is 90.0 Å². The van der Waals surface area contributed by atoms with Crippen LogP contribution in [0.25, 0.3) is 0 Å². The number of hydrogen-bond acceptors (Lipinski definition) is 3. The molecule has 0 radical (unpaired) electrons. The maximum absolute atomic E-state index is 11.4. The second kappa shape index (κ2) is 4.88. The summed E-state index contributed by atoms with van der Waals surface area (Å²) in [6.45, 7) is 1.77. The fraction of sp³-hybridized carbons (Fsp3) is 0.444. The zero-order valence-corrected chi connectivity index (χ0v) is 9.94. The summed E-state index contributed by atoms with van der Waals surface area (Å²) in [6.07, 6.45) is 0.159. The van der Waals surface area contributed by atoms with Gasteiger partial charge in [0.1, 0.15) is 6.10 Å². The van der Waals surface area contributed by atoms with Crippen molar-refractivity contribution in [2.75, 3.05) is 7.11 Å². The second-order valence-corrected chi connectivity index (χ2v) is 5.27. The Bertz CT molecular complexity index is 296. The fourth-order valence-electron chi connectivity index (χ4n) is 0.894. The van der Waals surface area contributed by atoms with Crippen LogP contribution in [0.5, 0.6) is 0 Å². The van der Waals surface area contributed by atoms with Crippen molar-refractivity contribution < 1.29 is 9.53 Å². The molecular formula is C9H11BrO2S. The van der Waals surface area contributed by atoms with Gasteiger partial charge >= 0.3 is 0 Å². The molecular weight excluding hydrogens is 252 g/mol. The van der Waals surface area contributed by atoms with Gasteiger partial charge in [-0.25, -0.2) is 0 Å². The van der Waals surface area contributed by atoms with Gasteiger partial charge < -0.3 is 4.74 Å². The molecule has 0 saturated carbocycles. The molecule has 0 fully saturated rings. The van der Waals surface area contributed by atoms with Gasteiger partial charge in [0.05, 0.1) is 3.79 Å². The highest BCUT2D eigenvalue weighted by atomic mass is 79.9. The minimum Gasteiger partial charge on any atom is -0.374 e. The molecule has 0 N–H and O–H groups in total. The summed E-state index contributed by atoms with van der Waals surface area (Å²) in [5.41, 5.74) is 0. The number of halogens is 1. The lowest BCUT2D eigenvalue weighted by atomic mass is 10.2. The molecule has 13 heavy (non-hydrogen) atoms. The van der Waals surface area contributed by atoms with Crippen LogP contribution >= 0.6 is 27.3 Å². The third-order valence-corrected chi connectivity index (χ3v) is 3.41. The topological polar surface area (TPSA) is 26.3 Å². The molecule has 0 aliphatic rings. The SMILES string of the molecule is COC(C)C(=O)Cc1ccc(Br)s1. The molecule has 0 saturated heterocycles. The average molecular weight is 263 g/mol. The first kappa shape index (κ1) is 10.9. The monoisotopic (exact) mass is 262 g/mol. The zero-order valence-electron chi connectivity index (χ0n) is 7.54. The van der Waals surface area contributed by atoms with E-state index < -0.39 is 0 Å². The molecule has 1 atom stereocenters. The van der Waals surface area contributed by atoms with Crippen LogP contribution in [-0.4, -0.2) is 19.0 Å². The lowest BCUT2D eigenvalue weighted by Crippen LogP contribution is -2.20. The molecule has 0 aliphatic carbocycles. The number of Topliss-reactive ketones (excluding diaryl/α,β-unsaturated/α-hetero) is 1. The highest BCUT2D eigenvalue weighted by Gasteiger charge is 2.12. The molecule has 1 aromatic rings. The van der Waals surface area contributed by atoms with E-state index in [1.165, 1.54) is 0 Å². The van der Waals surface area contributed by atoms with Crippen LogP contribution in [0.3, 0.4) is 0 Å². The first-order chi connectivity index (χ1) is 6.13. The smallest absolute Gasteiger partial charge is 0.166 e. The van der Waals surface area contributed by atoms with E-state index in [0.29, 0.717) is 6.42 Å². The number of ether oxygens (including phenoxy) is 1. The van der Waals surface area contributed by atoms with Crippen LogP contribution in [0.1, 0.15) is 11.8 Å². The molecule has 4 heteroatoms. The van der Waals surface area contributed by atoms with Crippen LogP contribution in [0.2, 0.25) is 0 Å². The average Bonchev–Trinajstić information content (AvgIpc) is 2.49. The molecule has 0 aromatic carbocycles. The number of methoxy groups -OCH3 is 1. The standard InChI is InChI=1S/C9H11BrO2S/c1-6(12-2)8(11)5-7-3-4-9(10)13-7/h3-4,6H,5H2,1-2H3. The molecule has 0 bridgehead atoms. The number of rotatable bonds is 4. The molecule has 1 rings (SSSR count). The van der Waals surface area contributed by atoms with E-state index in [0.717, 1.165) is 8.66 Å². The minimum absolute atomic E-state index is 0.122. The van der Waals surface area contributed by atoms with Crippen LogP contribution in [-0.2, 0) is 16.0 Å². The van der Waals surface area contributed by atoms with Crippen LogP contribution in [0.4, 0.5) is 0 Å². The van der Waals surface area contributed by atoms with Gasteiger partial charge in [0.25, 0.3) is 0 Å². The Morgan fingerprint density at radius 2 is 2.38 bits per heavy atom. The summed E-state index contributed by atoms with van der Waals surface area (Å²) < 4.78 is 5.99. The van der Waals surface area contributed by atoms with Crippen molar-refractivity contribution in [3.8, 4) is 0 Å². The van der Waals surface area contributed by atoms with E-state index >= 15 is 0 Å². The van der Waals surface area contributed by atoms with Crippen molar-refractivity contribution >= 4 is 33.0 Å². The third-order valence-electron chi connectivity index (χ3n) is 1.78. The number of carbonyl (C=O) groups excluding carboxylic acids is 1. The van der Waals surface area contributed by atoms with E-state index in [1.807, 2.05) is 12.1 Å². The number of carbonyl (C=O) groups is 1. The molecule has 2 nitrogen and oxygen atoms in total. The lowest BCUT2D eigenvalue weighted by Gasteiger charge is -2.06. The van der Waals surface area contributed by atoms with E-state index in [2.05, 4.69) is 15.9 Å². The van der Waals surface area contributed by atoms with Gasteiger partial charge in [-0.2, -0.15) is 0 Å². The zero-order chi connectivity index (χ0) is 9.84. The Morgan fingerprint density at radius 1 is 1.69 bits per heavy atom. The highest BCUT2D eigenvalue weighted by Crippen LogP contribution is 2.22. The van der Waals surface area contributed by atoms with Crippen LogP contribution in [0, 0.1) is 0 Å². The van der Waals surface area contributed by atoms with Gasteiger partial charge in [-0.1, -0.05) is 0 Å². The first-order valence-corrected chi connectivity index (χ1v) is 5.54. The summed E-state index contributed by atoms with van der Waals surface area (Å²) in [6, 6.07) is 3.90. The van der Waals surface area contributed by atoms with E-state index in [9.17, 15) is 4.79 Å². The van der Waals surface area contributed by atoms with Crippen molar-refractivity contribution in [3.63, 3.8) is 0 Å².